The number of furan rings is 1. The van der Waals surface area contributed by atoms with Crippen LogP contribution in [0.2, 0.25) is 0 Å². The minimum atomic E-state index is 0.724. The van der Waals surface area contributed by atoms with Crippen molar-refractivity contribution in [3.8, 4) is 0 Å². The van der Waals surface area contributed by atoms with Gasteiger partial charge >= 0.3 is 0 Å². The average molecular weight is 269 g/mol. The number of fused-ring (bicyclic) bond motifs is 3. The van der Waals surface area contributed by atoms with Crippen LogP contribution in [0.15, 0.2) is 40.9 Å². The second-order valence-corrected chi connectivity index (χ2v) is 4.91. The Kier molecular flexibility index (Phi) is 3.95. The van der Waals surface area contributed by atoms with E-state index >= 15 is 0 Å². The third kappa shape index (κ3) is 2.53. The smallest absolute Gasteiger partial charge is 0.158 e. The van der Waals surface area contributed by atoms with E-state index in [0.29, 0.717) is 0 Å². The molecule has 0 radical (unpaired) electrons. The lowest BCUT2D eigenvalue weighted by Gasteiger charge is -2.04. The molecule has 0 fully saturated rings. The van der Waals surface area contributed by atoms with Crippen molar-refractivity contribution < 1.29 is 4.42 Å². The molecular weight excluding hydrogens is 250 g/mol. The number of nitrogens with two attached hydrogens (primary N) is 1. The number of para-hydroxylation sites is 1. The summed E-state index contributed by atoms with van der Waals surface area (Å²) in [6.07, 6.45) is 3.99. The Bertz CT molecular complexity index is 705. The van der Waals surface area contributed by atoms with Crippen molar-refractivity contribution in [2.45, 2.75) is 19.4 Å². The van der Waals surface area contributed by atoms with Crippen LogP contribution in [-0.4, -0.2) is 18.1 Å². The first-order valence-electron chi connectivity index (χ1n) is 7.06. The molecule has 0 unspecified atom stereocenters. The molecule has 0 amide bonds. The standard InChI is InChI=1S/C16H19N3O/c17-8-3-4-9-18-11-14-16-13(7-10-19-14)12-5-1-2-6-15(12)20-16/h1-2,5-7,10,18H,3-4,8-9,11,17H2. The Balaban J connectivity index is 1.84. The van der Waals surface area contributed by atoms with E-state index in [2.05, 4.69) is 16.4 Å². The van der Waals surface area contributed by atoms with Gasteiger partial charge < -0.3 is 15.5 Å². The fourth-order valence-corrected chi connectivity index (χ4v) is 2.43. The molecule has 3 aromatic rings. The van der Waals surface area contributed by atoms with Gasteiger partial charge in [-0.1, -0.05) is 18.2 Å². The topological polar surface area (TPSA) is 64.1 Å². The summed E-state index contributed by atoms with van der Waals surface area (Å²) in [7, 11) is 0. The Morgan fingerprint density at radius 3 is 2.90 bits per heavy atom. The number of nitrogens with one attached hydrogen (secondary N) is 1. The first-order chi connectivity index (χ1) is 9.90. The lowest BCUT2D eigenvalue weighted by molar-refractivity contribution is 0.608. The molecule has 2 aromatic heterocycles. The van der Waals surface area contributed by atoms with Gasteiger partial charge in [0.1, 0.15) is 5.58 Å². The van der Waals surface area contributed by atoms with Crippen LogP contribution in [0.1, 0.15) is 18.5 Å². The number of pyridine rings is 1. The zero-order chi connectivity index (χ0) is 13.8. The highest BCUT2D eigenvalue weighted by Crippen LogP contribution is 2.29. The third-order valence-corrected chi connectivity index (χ3v) is 3.47. The number of benzene rings is 1. The third-order valence-electron chi connectivity index (χ3n) is 3.47. The zero-order valence-corrected chi connectivity index (χ0v) is 11.4. The van der Waals surface area contributed by atoms with Crippen LogP contribution in [0.3, 0.4) is 0 Å². The highest BCUT2D eigenvalue weighted by Gasteiger charge is 2.10. The Labute approximate surface area is 118 Å². The van der Waals surface area contributed by atoms with Crippen molar-refractivity contribution in [2.75, 3.05) is 13.1 Å². The first-order valence-corrected chi connectivity index (χ1v) is 7.06. The summed E-state index contributed by atoms with van der Waals surface area (Å²) in [6, 6.07) is 10.1. The number of nitrogens with zero attached hydrogens (tertiary/aromatic N) is 1. The molecule has 0 saturated carbocycles. The Morgan fingerprint density at radius 2 is 2.00 bits per heavy atom. The van der Waals surface area contributed by atoms with Crippen LogP contribution < -0.4 is 11.1 Å². The Hall–Kier alpha value is -1.91. The van der Waals surface area contributed by atoms with Gasteiger partial charge in [0.15, 0.2) is 5.58 Å². The van der Waals surface area contributed by atoms with Crippen LogP contribution in [0, 0.1) is 0 Å². The van der Waals surface area contributed by atoms with Crippen molar-refractivity contribution in [1.29, 1.82) is 0 Å². The van der Waals surface area contributed by atoms with E-state index in [0.717, 1.165) is 60.1 Å². The van der Waals surface area contributed by atoms with Crippen molar-refractivity contribution in [3.05, 3.63) is 42.2 Å². The van der Waals surface area contributed by atoms with Gasteiger partial charge in [0.25, 0.3) is 0 Å². The minimum Gasteiger partial charge on any atom is -0.454 e. The molecule has 0 atom stereocenters. The molecule has 3 N–H and O–H groups in total. The van der Waals surface area contributed by atoms with E-state index in [9.17, 15) is 0 Å². The summed E-state index contributed by atoms with van der Waals surface area (Å²) in [5, 5.41) is 5.68. The number of rotatable bonds is 6. The van der Waals surface area contributed by atoms with E-state index in [1.54, 1.807) is 0 Å². The van der Waals surface area contributed by atoms with Crippen LogP contribution >= 0.6 is 0 Å². The molecule has 20 heavy (non-hydrogen) atoms. The highest BCUT2D eigenvalue weighted by atomic mass is 16.3. The summed E-state index contributed by atoms with van der Waals surface area (Å²) in [4.78, 5) is 4.44. The van der Waals surface area contributed by atoms with E-state index in [4.69, 9.17) is 10.2 Å². The molecule has 4 heteroatoms. The fraction of sp³-hybridized carbons (Fsp3) is 0.312. The first kappa shape index (κ1) is 13.1. The molecule has 0 aliphatic carbocycles. The monoisotopic (exact) mass is 269 g/mol. The van der Waals surface area contributed by atoms with Gasteiger partial charge in [-0.15, -0.1) is 0 Å². The quantitative estimate of drug-likeness (QED) is 0.675. The molecule has 0 bridgehead atoms. The summed E-state index contributed by atoms with van der Waals surface area (Å²) >= 11 is 0. The molecule has 3 rings (SSSR count). The van der Waals surface area contributed by atoms with Crippen LogP contribution in [0.5, 0.6) is 0 Å². The summed E-state index contributed by atoms with van der Waals surface area (Å²) in [5.41, 5.74) is 8.25. The lowest BCUT2D eigenvalue weighted by Crippen LogP contribution is -2.16. The largest absolute Gasteiger partial charge is 0.454 e. The maximum Gasteiger partial charge on any atom is 0.158 e. The van der Waals surface area contributed by atoms with Crippen molar-refractivity contribution in [2.24, 2.45) is 5.73 Å². The van der Waals surface area contributed by atoms with Gasteiger partial charge in [0.2, 0.25) is 0 Å². The molecule has 1 aromatic carbocycles. The minimum absolute atomic E-state index is 0.724. The van der Waals surface area contributed by atoms with E-state index < -0.39 is 0 Å². The van der Waals surface area contributed by atoms with Crippen LogP contribution in [0.4, 0.5) is 0 Å². The number of hydrogen-bond donors (Lipinski definition) is 2. The van der Waals surface area contributed by atoms with Gasteiger partial charge in [-0.3, -0.25) is 4.98 Å². The molecule has 104 valence electrons. The van der Waals surface area contributed by atoms with Gasteiger partial charge in [-0.05, 0) is 38.1 Å². The van der Waals surface area contributed by atoms with Crippen molar-refractivity contribution in [1.82, 2.24) is 10.3 Å². The van der Waals surface area contributed by atoms with E-state index in [1.807, 2.05) is 30.5 Å². The fourth-order valence-electron chi connectivity index (χ4n) is 2.43. The molecule has 0 aliphatic heterocycles. The highest BCUT2D eigenvalue weighted by molar-refractivity contribution is 6.05. The molecule has 4 nitrogen and oxygen atoms in total. The number of hydrogen-bond acceptors (Lipinski definition) is 4. The molecule has 2 heterocycles. The average Bonchev–Trinajstić information content (AvgIpc) is 2.87. The predicted octanol–water partition coefficient (Wildman–Crippen LogP) is 2.81. The van der Waals surface area contributed by atoms with Crippen LogP contribution in [-0.2, 0) is 6.54 Å². The molecule has 0 aliphatic rings. The maximum atomic E-state index is 5.94. The SMILES string of the molecule is NCCCCNCc1nccc2c1oc1ccccc12. The lowest BCUT2D eigenvalue weighted by atomic mass is 10.1. The second-order valence-electron chi connectivity index (χ2n) is 4.91. The molecule has 0 spiro atoms. The Morgan fingerprint density at radius 1 is 1.10 bits per heavy atom. The van der Waals surface area contributed by atoms with Crippen LogP contribution in [0.25, 0.3) is 21.9 Å². The van der Waals surface area contributed by atoms with Gasteiger partial charge in [-0.25, -0.2) is 0 Å². The zero-order valence-electron chi connectivity index (χ0n) is 11.4. The maximum absolute atomic E-state index is 5.94. The van der Waals surface area contributed by atoms with Gasteiger partial charge in [-0.2, -0.15) is 0 Å². The normalized spacial score (nSPS) is 11.4. The summed E-state index contributed by atoms with van der Waals surface area (Å²) in [6.45, 7) is 2.43. The molecular formula is C16H19N3O. The predicted molar refractivity (Wildman–Crippen MR) is 81.5 cm³/mol. The summed E-state index contributed by atoms with van der Waals surface area (Å²) in [5.74, 6) is 0. The van der Waals surface area contributed by atoms with E-state index in [1.165, 1.54) is 0 Å². The van der Waals surface area contributed by atoms with Gasteiger partial charge in [0.05, 0.1) is 5.69 Å². The second kappa shape index (κ2) is 6.03. The summed E-state index contributed by atoms with van der Waals surface area (Å²) < 4.78 is 5.94. The van der Waals surface area contributed by atoms with Crippen molar-refractivity contribution >= 4 is 21.9 Å². The van der Waals surface area contributed by atoms with Crippen molar-refractivity contribution in [3.63, 3.8) is 0 Å². The number of unbranched alkanes of at least 4 members (excludes halogenated alkanes) is 1. The molecule has 0 saturated heterocycles. The number of aromatic nitrogens is 1. The van der Waals surface area contributed by atoms with Gasteiger partial charge in [0, 0.05) is 23.5 Å². The van der Waals surface area contributed by atoms with E-state index in [-0.39, 0.29) is 0 Å².